The maximum atomic E-state index is 13.7. The molecule has 0 aliphatic carbocycles. The van der Waals surface area contributed by atoms with Gasteiger partial charge in [0.1, 0.15) is 0 Å². The zero-order valence-electron chi connectivity index (χ0n) is 18.4. The number of unbranched alkanes of at least 4 members (excludes halogenated alkanes) is 8. The molecule has 0 atom stereocenters. The minimum Gasteiger partial charge on any atom is -0.199 e. The van der Waals surface area contributed by atoms with Crippen molar-refractivity contribution in [2.24, 2.45) is 0 Å². The predicted molar refractivity (Wildman–Crippen MR) is 92.2 cm³/mol. The van der Waals surface area contributed by atoms with Gasteiger partial charge in [0, 0.05) is 6.42 Å². The van der Waals surface area contributed by atoms with E-state index in [4.69, 9.17) is 0 Å². The summed E-state index contributed by atoms with van der Waals surface area (Å²) in [5.74, 6) is -55.9. The molecule has 0 rings (SSSR count). The third-order valence-corrected chi connectivity index (χ3v) is 5.20. The Bertz CT molecular complexity index is 678. The Kier molecular flexibility index (Phi) is 10.9. The molecule has 0 aromatic rings. The molecule has 0 amide bonds. The summed E-state index contributed by atoms with van der Waals surface area (Å²) in [6.45, 7) is 1.91. The van der Waals surface area contributed by atoms with Crippen LogP contribution in [0.3, 0.4) is 0 Å². The first-order valence-corrected chi connectivity index (χ1v) is 10.4. The van der Waals surface area contributed by atoms with Gasteiger partial charge in [-0.15, -0.1) is 0 Å². The summed E-state index contributed by atoms with van der Waals surface area (Å²) in [6, 6.07) is 0. The molecular formula is C19H22F17. The van der Waals surface area contributed by atoms with Crippen LogP contribution in [0.2, 0.25) is 0 Å². The highest BCUT2D eigenvalue weighted by Crippen LogP contribution is 2.64. The van der Waals surface area contributed by atoms with Gasteiger partial charge < -0.3 is 0 Å². The van der Waals surface area contributed by atoms with Gasteiger partial charge in [0.05, 0.1) is 0 Å². The fourth-order valence-corrected chi connectivity index (χ4v) is 2.87. The van der Waals surface area contributed by atoms with Crippen molar-refractivity contribution in [1.29, 1.82) is 0 Å². The maximum absolute atomic E-state index is 13.7. The molecule has 0 fully saturated rings. The zero-order chi connectivity index (χ0) is 29.1. The van der Waals surface area contributed by atoms with Crippen molar-refractivity contribution < 1.29 is 74.6 Å². The first-order chi connectivity index (χ1) is 15.8. The fourth-order valence-electron chi connectivity index (χ4n) is 2.87. The molecule has 17 heteroatoms. The Labute approximate surface area is 194 Å². The lowest BCUT2D eigenvalue weighted by Gasteiger charge is -2.42. The van der Waals surface area contributed by atoms with Gasteiger partial charge in [-0.1, -0.05) is 58.3 Å². The van der Waals surface area contributed by atoms with E-state index < -0.39 is 66.9 Å². The van der Waals surface area contributed by atoms with Crippen molar-refractivity contribution in [2.45, 2.75) is 112 Å². The van der Waals surface area contributed by atoms with Crippen LogP contribution in [-0.2, 0) is 0 Å². The van der Waals surface area contributed by atoms with Gasteiger partial charge in [0.25, 0.3) is 0 Å². The second-order valence-electron chi connectivity index (χ2n) is 8.03. The largest absolute Gasteiger partial charge is 0.460 e. The minimum atomic E-state index is -8.58. The van der Waals surface area contributed by atoms with Crippen LogP contribution in [0.5, 0.6) is 0 Å². The Morgan fingerprint density at radius 2 is 0.694 bits per heavy atom. The molecule has 0 bridgehead atoms. The highest BCUT2D eigenvalue weighted by molar-refractivity contribution is 5.16. The number of halogens is 17. The highest BCUT2D eigenvalue weighted by atomic mass is 19.4. The molecule has 0 aromatic carbocycles. The number of hydrogen-bond acceptors (Lipinski definition) is 0. The molecular weight excluding hydrogens is 551 g/mol. The van der Waals surface area contributed by atoms with Crippen molar-refractivity contribution in [3.8, 4) is 0 Å². The maximum Gasteiger partial charge on any atom is 0.460 e. The van der Waals surface area contributed by atoms with E-state index in [2.05, 4.69) is 0 Å². The van der Waals surface area contributed by atoms with Gasteiger partial charge in [0.15, 0.2) is 0 Å². The first kappa shape index (κ1) is 34.8. The summed E-state index contributed by atoms with van der Waals surface area (Å²) >= 11 is 0. The quantitative estimate of drug-likeness (QED) is 0.127. The molecule has 0 aliphatic heterocycles. The predicted octanol–water partition coefficient (Wildman–Crippen LogP) is 9.73. The molecule has 36 heavy (non-hydrogen) atoms. The van der Waals surface area contributed by atoms with Crippen LogP contribution in [0.1, 0.15) is 64.7 Å². The van der Waals surface area contributed by atoms with Gasteiger partial charge in [-0.25, -0.2) is 0 Å². The molecule has 0 spiro atoms. The van der Waals surface area contributed by atoms with E-state index in [1.807, 2.05) is 6.92 Å². The van der Waals surface area contributed by atoms with Crippen LogP contribution in [0, 0.1) is 6.42 Å². The lowest BCUT2D eigenvalue weighted by atomic mass is 9.87. The van der Waals surface area contributed by atoms with E-state index in [1.54, 1.807) is 0 Å². The summed E-state index contributed by atoms with van der Waals surface area (Å²) in [5.41, 5.74) is 0. The zero-order valence-corrected chi connectivity index (χ0v) is 18.4. The SMILES string of the molecule is CCCCCCCCCC[CH]C(F)(F)C(F)(F)C(F)(F)C(F)(F)C(F)(F)C(F)(F)C(F)(F)C(F)(F)F. The molecule has 0 unspecified atom stereocenters. The van der Waals surface area contributed by atoms with E-state index in [9.17, 15) is 74.6 Å². The van der Waals surface area contributed by atoms with Crippen LogP contribution in [0.15, 0.2) is 0 Å². The molecule has 0 aromatic heterocycles. The Balaban J connectivity index is 5.71. The molecule has 0 saturated carbocycles. The third-order valence-electron chi connectivity index (χ3n) is 5.20. The van der Waals surface area contributed by atoms with Crippen LogP contribution in [-0.4, -0.2) is 47.6 Å². The van der Waals surface area contributed by atoms with Crippen LogP contribution in [0.4, 0.5) is 74.6 Å². The van der Waals surface area contributed by atoms with Gasteiger partial charge in [-0.3, -0.25) is 0 Å². The second-order valence-corrected chi connectivity index (χ2v) is 8.03. The Morgan fingerprint density at radius 3 is 1.06 bits per heavy atom. The van der Waals surface area contributed by atoms with Crippen LogP contribution in [0.25, 0.3) is 0 Å². The molecule has 217 valence electrons. The number of rotatable bonds is 16. The minimum absolute atomic E-state index is 0.0631. The van der Waals surface area contributed by atoms with Crippen molar-refractivity contribution >= 4 is 0 Å². The van der Waals surface area contributed by atoms with Crippen molar-refractivity contribution in [1.82, 2.24) is 0 Å². The number of alkyl halides is 17. The lowest BCUT2D eigenvalue weighted by molar-refractivity contribution is -0.460. The molecule has 0 N–H and O–H groups in total. The molecule has 1 radical (unpaired) electrons. The Morgan fingerprint density at radius 1 is 0.389 bits per heavy atom. The van der Waals surface area contributed by atoms with E-state index in [-0.39, 0.29) is 6.42 Å². The monoisotopic (exact) mass is 573 g/mol. The summed E-state index contributed by atoms with van der Waals surface area (Å²) in [4.78, 5) is 0. The third kappa shape index (κ3) is 6.09. The smallest absolute Gasteiger partial charge is 0.199 e. The standard InChI is InChI=1S/C19H22F17/c1-2-3-4-5-6-7-8-9-10-11-12(20,21)13(22,23)14(24,25)15(26,27)16(28,29)17(30,31)18(32,33)19(34,35)36/h11H,2-10H2,1H3. The molecule has 0 aliphatic rings. The summed E-state index contributed by atoms with van der Waals surface area (Å²) in [5, 5.41) is 0. The van der Waals surface area contributed by atoms with Gasteiger partial charge in [-0.2, -0.15) is 74.6 Å². The van der Waals surface area contributed by atoms with Crippen molar-refractivity contribution in [3.63, 3.8) is 0 Å². The summed E-state index contributed by atoms with van der Waals surface area (Å²) in [7, 11) is 0. The summed E-state index contributed by atoms with van der Waals surface area (Å²) in [6.07, 6.45) is -5.95. The van der Waals surface area contributed by atoms with Gasteiger partial charge in [0.2, 0.25) is 0 Å². The van der Waals surface area contributed by atoms with E-state index in [1.165, 1.54) is 0 Å². The molecule has 0 nitrogen and oxygen atoms in total. The number of hydrogen-bond donors (Lipinski definition) is 0. The first-order valence-electron chi connectivity index (χ1n) is 10.4. The van der Waals surface area contributed by atoms with Crippen LogP contribution >= 0.6 is 0 Å². The highest BCUT2D eigenvalue weighted by Gasteiger charge is 2.95. The van der Waals surface area contributed by atoms with E-state index in [0.717, 1.165) is 25.7 Å². The van der Waals surface area contributed by atoms with Gasteiger partial charge >= 0.3 is 47.6 Å². The fraction of sp³-hybridized carbons (Fsp3) is 0.947. The van der Waals surface area contributed by atoms with Gasteiger partial charge in [-0.05, 0) is 6.42 Å². The molecule has 0 saturated heterocycles. The average molecular weight is 573 g/mol. The summed E-state index contributed by atoms with van der Waals surface area (Å²) < 4.78 is 223. The second kappa shape index (κ2) is 11.3. The topological polar surface area (TPSA) is 0 Å². The Hall–Kier alpha value is -1.19. The van der Waals surface area contributed by atoms with Crippen LogP contribution < -0.4 is 0 Å². The lowest BCUT2D eigenvalue weighted by Crippen LogP contribution is -2.74. The van der Waals surface area contributed by atoms with Crippen molar-refractivity contribution in [3.05, 3.63) is 6.42 Å². The van der Waals surface area contributed by atoms with E-state index >= 15 is 0 Å². The average Bonchev–Trinajstić information content (AvgIpc) is 2.70. The van der Waals surface area contributed by atoms with Crippen molar-refractivity contribution in [2.75, 3.05) is 0 Å². The van der Waals surface area contributed by atoms with E-state index in [0.29, 0.717) is 12.8 Å². The molecule has 0 heterocycles. The normalized spacial score (nSPS) is 15.5.